The van der Waals surface area contributed by atoms with Gasteiger partial charge in [0.25, 0.3) is 5.91 Å². The second kappa shape index (κ2) is 6.87. The number of amides is 1. The van der Waals surface area contributed by atoms with E-state index < -0.39 is 0 Å². The minimum absolute atomic E-state index is 0.00985. The summed E-state index contributed by atoms with van der Waals surface area (Å²) in [4.78, 5) is 14.7. The Hall–Kier alpha value is -2.56. The zero-order valence-corrected chi connectivity index (χ0v) is 16.5. The van der Waals surface area contributed by atoms with Crippen LogP contribution < -0.4 is 0 Å². The van der Waals surface area contributed by atoms with Crippen LogP contribution >= 0.6 is 11.6 Å². The van der Waals surface area contributed by atoms with Gasteiger partial charge in [0.15, 0.2) is 0 Å². The third-order valence-corrected chi connectivity index (χ3v) is 5.31. The van der Waals surface area contributed by atoms with Gasteiger partial charge in [-0.05, 0) is 34.9 Å². The van der Waals surface area contributed by atoms with Gasteiger partial charge < -0.3 is 4.90 Å². The van der Waals surface area contributed by atoms with Crippen LogP contribution in [-0.4, -0.2) is 48.5 Å². The number of likely N-dealkylation sites (N-methyl/N-ethyl adjacent to an activating group) is 1. The summed E-state index contributed by atoms with van der Waals surface area (Å²) in [6.07, 6.45) is 2.04. The van der Waals surface area contributed by atoms with Gasteiger partial charge in [-0.2, -0.15) is 0 Å². The first-order valence-electron chi connectivity index (χ1n) is 8.95. The molecule has 0 saturated heterocycles. The van der Waals surface area contributed by atoms with Crippen molar-refractivity contribution in [2.24, 2.45) is 0 Å². The third kappa shape index (κ3) is 3.15. The van der Waals surface area contributed by atoms with Gasteiger partial charge in [-0.3, -0.25) is 9.80 Å². The zero-order valence-electron chi connectivity index (χ0n) is 15.7. The summed E-state index contributed by atoms with van der Waals surface area (Å²) in [6, 6.07) is 16.2. The van der Waals surface area contributed by atoms with E-state index in [1.54, 1.807) is 19.0 Å². The molecule has 2 aromatic rings. The molecule has 1 amide bonds. The monoisotopic (exact) mass is 379 g/mol. The number of halogens is 1. The molecule has 4 nitrogen and oxygen atoms in total. The topological polar surface area (TPSA) is 26.8 Å². The van der Waals surface area contributed by atoms with E-state index in [0.29, 0.717) is 17.1 Å². The first-order valence-corrected chi connectivity index (χ1v) is 9.33. The maximum atomic E-state index is 13.1. The van der Waals surface area contributed by atoms with E-state index >= 15 is 0 Å². The number of hydrazine groups is 1. The molecule has 27 heavy (non-hydrogen) atoms. The van der Waals surface area contributed by atoms with Crippen LogP contribution in [0.25, 0.3) is 11.3 Å². The SMILES string of the molecule is CN(C)C(=O)C1=C2c3cc(Cl)ccc3CN(C)N2CC(c2ccccc2)=C1. The Morgan fingerprint density at radius 2 is 1.81 bits per heavy atom. The fourth-order valence-electron chi connectivity index (χ4n) is 3.71. The summed E-state index contributed by atoms with van der Waals surface area (Å²) in [5.74, 6) is -0.00985. The number of nitrogens with zero attached hydrogens (tertiary/aromatic N) is 3. The number of rotatable bonds is 2. The Balaban J connectivity index is 1.97. The quantitative estimate of drug-likeness (QED) is 0.791. The lowest BCUT2D eigenvalue weighted by Gasteiger charge is -2.44. The van der Waals surface area contributed by atoms with E-state index in [0.717, 1.165) is 28.9 Å². The molecule has 2 aliphatic heterocycles. The smallest absolute Gasteiger partial charge is 0.255 e. The lowest BCUT2D eigenvalue weighted by molar-refractivity contribution is -0.124. The molecule has 138 valence electrons. The molecule has 2 aromatic carbocycles. The summed E-state index contributed by atoms with van der Waals surface area (Å²) in [6.45, 7) is 1.49. The molecule has 2 aliphatic rings. The molecule has 0 spiro atoms. The molecule has 0 saturated carbocycles. The van der Waals surface area contributed by atoms with Gasteiger partial charge >= 0.3 is 0 Å². The molecular formula is C22H22ClN3O. The van der Waals surface area contributed by atoms with Gasteiger partial charge in [-0.15, -0.1) is 0 Å². The van der Waals surface area contributed by atoms with Crippen molar-refractivity contribution in [1.82, 2.24) is 14.9 Å². The molecule has 0 aliphatic carbocycles. The summed E-state index contributed by atoms with van der Waals surface area (Å²) in [5, 5.41) is 5.04. The standard InChI is InChI=1S/C22H22ClN3O/c1-24(2)22(27)20-11-17(15-7-5-4-6-8-15)14-26-21(20)19-12-18(23)10-9-16(19)13-25(26)3/h4-12H,13-14H2,1-3H3. The van der Waals surface area contributed by atoms with Gasteiger partial charge in [0.1, 0.15) is 0 Å². The highest BCUT2D eigenvalue weighted by Crippen LogP contribution is 2.40. The van der Waals surface area contributed by atoms with Crippen LogP contribution in [0, 0.1) is 0 Å². The average molecular weight is 380 g/mol. The van der Waals surface area contributed by atoms with Crippen molar-refractivity contribution >= 4 is 28.8 Å². The molecule has 0 unspecified atom stereocenters. The van der Waals surface area contributed by atoms with E-state index in [9.17, 15) is 4.79 Å². The Kier molecular flexibility index (Phi) is 4.54. The van der Waals surface area contributed by atoms with Crippen molar-refractivity contribution in [1.29, 1.82) is 0 Å². The molecule has 5 heteroatoms. The van der Waals surface area contributed by atoms with Crippen molar-refractivity contribution in [3.63, 3.8) is 0 Å². The van der Waals surface area contributed by atoms with Crippen LogP contribution in [0.4, 0.5) is 0 Å². The van der Waals surface area contributed by atoms with Crippen molar-refractivity contribution in [2.75, 3.05) is 27.7 Å². The highest BCUT2D eigenvalue weighted by atomic mass is 35.5. The Morgan fingerprint density at radius 3 is 2.52 bits per heavy atom. The number of carbonyl (C=O) groups excluding carboxylic acids is 1. The minimum Gasteiger partial charge on any atom is -0.345 e. The molecule has 0 fully saturated rings. The maximum Gasteiger partial charge on any atom is 0.255 e. The first-order chi connectivity index (χ1) is 13.0. The summed E-state index contributed by atoms with van der Waals surface area (Å²) in [5.41, 5.74) is 6.09. The molecule has 0 radical (unpaired) electrons. The number of hydrogen-bond donors (Lipinski definition) is 0. The van der Waals surface area contributed by atoms with Crippen molar-refractivity contribution < 1.29 is 4.79 Å². The van der Waals surface area contributed by atoms with Gasteiger partial charge in [0.2, 0.25) is 0 Å². The lowest BCUT2D eigenvalue weighted by Crippen LogP contribution is -2.45. The van der Waals surface area contributed by atoms with Gasteiger partial charge in [-0.25, -0.2) is 5.01 Å². The molecule has 4 rings (SSSR count). The second-order valence-electron chi connectivity index (χ2n) is 7.17. The van der Waals surface area contributed by atoms with Crippen LogP contribution in [0.15, 0.2) is 60.2 Å². The number of fused-ring (bicyclic) bond motifs is 3. The van der Waals surface area contributed by atoms with E-state index in [1.807, 2.05) is 42.5 Å². The molecule has 0 aromatic heterocycles. The maximum absolute atomic E-state index is 13.1. The van der Waals surface area contributed by atoms with Crippen LogP contribution in [0.2, 0.25) is 5.02 Å². The molecule has 0 N–H and O–H groups in total. The third-order valence-electron chi connectivity index (χ3n) is 5.07. The fraction of sp³-hybridized carbons (Fsp3) is 0.227. The van der Waals surface area contributed by atoms with E-state index in [4.69, 9.17) is 11.6 Å². The number of hydrogen-bond acceptors (Lipinski definition) is 3. The Morgan fingerprint density at radius 1 is 1.07 bits per heavy atom. The van der Waals surface area contributed by atoms with Crippen molar-refractivity contribution in [3.8, 4) is 0 Å². The summed E-state index contributed by atoms with van der Waals surface area (Å²) < 4.78 is 0. The fourth-order valence-corrected chi connectivity index (χ4v) is 3.88. The van der Waals surface area contributed by atoms with Crippen LogP contribution in [0.5, 0.6) is 0 Å². The molecule has 0 bridgehead atoms. The predicted molar refractivity (Wildman–Crippen MR) is 110 cm³/mol. The zero-order chi connectivity index (χ0) is 19.1. The van der Waals surface area contributed by atoms with Gasteiger partial charge in [-0.1, -0.05) is 48.0 Å². The van der Waals surface area contributed by atoms with Crippen molar-refractivity contribution in [3.05, 3.63) is 81.9 Å². The minimum atomic E-state index is -0.00985. The lowest BCUT2D eigenvalue weighted by atomic mass is 9.91. The average Bonchev–Trinajstić information content (AvgIpc) is 2.68. The van der Waals surface area contributed by atoms with E-state index in [2.05, 4.69) is 29.2 Å². The number of benzene rings is 2. The second-order valence-corrected chi connectivity index (χ2v) is 7.61. The molecular weight excluding hydrogens is 358 g/mol. The van der Waals surface area contributed by atoms with E-state index in [1.165, 1.54) is 5.56 Å². The van der Waals surface area contributed by atoms with Crippen LogP contribution in [-0.2, 0) is 11.3 Å². The normalized spacial score (nSPS) is 16.6. The van der Waals surface area contributed by atoms with Crippen molar-refractivity contribution in [2.45, 2.75) is 6.54 Å². The van der Waals surface area contributed by atoms with E-state index in [-0.39, 0.29) is 5.91 Å². The summed E-state index contributed by atoms with van der Waals surface area (Å²) in [7, 11) is 5.63. The van der Waals surface area contributed by atoms with Crippen LogP contribution in [0.1, 0.15) is 16.7 Å². The number of carbonyl (C=O) groups is 1. The predicted octanol–water partition coefficient (Wildman–Crippen LogP) is 3.90. The Labute approximate surface area is 164 Å². The molecule has 2 heterocycles. The van der Waals surface area contributed by atoms with Gasteiger partial charge in [0.05, 0.1) is 17.8 Å². The highest BCUT2D eigenvalue weighted by molar-refractivity contribution is 6.30. The molecule has 0 atom stereocenters. The summed E-state index contributed by atoms with van der Waals surface area (Å²) >= 11 is 6.29. The largest absolute Gasteiger partial charge is 0.345 e. The Bertz CT molecular complexity index is 963. The highest BCUT2D eigenvalue weighted by Gasteiger charge is 2.34. The van der Waals surface area contributed by atoms with Gasteiger partial charge in [0, 0.05) is 38.3 Å². The first kappa shape index (κ1) is 17.8. The van der Waals surface area contributed by atoms with Crippen LogP contribution in [0.3, 0.4) is 0 Å².